The summed E-state index contributed by atoms with van der Waals surface area (Å²) in [6, 6.07) is 18.4. The second kappa shape index (κ2) is 20.7. The molecule has 284 valence electrons. The van der Waals surface area contributed by atoms with Gasteiger partial charge in [-0.05, 0) is 132 Å². The van der Waals surface area contributed by atoms with Crippen molar-refractivity contribution in [2.45, 2.75) is 70.8 Å². The van der Waals surface area contributed by atoms with Gasteiger partial charge in [0, 0.05) is 56.0 Å². The third-order valence-electron chi connectivity index (χ3n) is 10.0. The van der Waals surface area contributed by atoms with Crippen LogP contribution >= 0.6 is 22.7 Å². The van der Waals surface area contributed by atoms with Crippen molar-refractivity contribution in [3.8, 4) is 11.1 Å². The standard InChI is InChI=1S/C21H27N3O3S.C18H23N3O3S/c25-20(23-27)3-1-2-16-8-11-24(12-9-16)21(26)22-14-17-4-6-18(7-5-17)19-10-13-28-15-19;22-17(20-24)3-1-2-13-6-9-21(10-7-13)18(23)19-15-4-5-16-14(12-15)8-11-25-16/h4-7,10,13,15-16,27H,1-3,8-9,11-12,14H2,(H,22,26)(H,23,25);4-5,8,11-13,24H,1-3,6-7,9-10H2,(H,19,23)(H,20,22). The third kappa shape index (κ3) is 12.6. The van der Waals surface area contributed by atoms with Crippen molar-refractivity contribution in [2.24, 2.45) is 11.8 Å². The summed E-state index contributed by atoms with van der Waals surface area (Å²) in [6.45, 7) is 3.51. The second-order valence-corrected chi connectivity index (χ2v) is 15.4. The number of nitrogens with zero attached hydrogens (tertiary/aromatic N) is 2. The minimum atomic E-state index is -0.334. The molecule has 0 unspecified atom stereocenters. The molecule has 53 heavy (non-hydrogen) atoms. The van der Waals surface area contributed by atoms with Gasteiger partial charge in [0.2, 0.25) is 11.8 Å². The van der Waals surface area contributed by atoms with Gasteiger partial charge in [0.15, 0.2) is 0 Å². The van der Waals surface area contributed by atoms with Crippen molar-refractivity contribution < 1.29 is 29.6 Å². The van der Waals surface area contributed by atoms with Crippen LogP contribution in [0.25, 0.3) is 21.2 Å². The van der Waals surface area contributed by atoms with Crippen LogP contribution in [-0.2, 0) is 16.1 Å². The number of amides is 6. The zero-order valence-corrected chi connectivity index (χ0v) is 31.6. The zero-order valence-electron chi connectivity index (χ0n) is 29.9. The largest absolute Gasteiger partial charge is 0.334 e. The van der Waals surface area contributed by atoms with Crippen molar-refractivity contribution in [1.29, 1.82) is 0 Å². The van der Waals surface area contributed by atoms with Gasteiger partial charge in [-0.3, -0.25) is 20.0 Å². The fraction of sp³-hybridized carbons (Fsp3) is 0.436. The number of nitrogens with one attached hydrogen (secondary N) is 4. The maximum Gasteiger partial charge on any atom is 0.321 e. The molecule has 0 atom stereocenters. The Balaban J connectivity index is 0.000000206. The van der Waals surface area contributed by atoms with Crippen LogP contribution in [0, 0.1) is 11.8 Å². The van der Waals surface area contributed by atoms with Crippen LogP contribution < -0.4 is 21.6 Å². The highest BCUT2D eigenvalue weighted by Crippen LogP contribution is 2.27. The van der Waals surface area contributed by atoms with Crippen LogP contribution in [0.3, 0.4) is 0 Å². The number of thiophene rings is 2. The zero-order chi connectivity index (χ0) is 37.4. The average Bonchev–Trinajstić information content (AvgIpc) is 3.91. The number of hydrogen-bond donors (Lipinski definition) is 6. The van der Waals surface area contributed by atoms with E-state index >= 15 is 0 Å². The lowest BCUT2D eigenvalue weighted by Gasteiger charge is -2.32. The van der Waals surface area contributed by atoms with Crippen molar-refractivity contribution >= 4 is 62.3 Å². The minimum absolute atomic E-state index is 0.0139. The predicted molar refractivity (Wildman–Crippen MR) is 209 cm³/mol. The monoisotopic (exact) mass is 762 g/mol. The van der Waals surface area contributed by atoms with Crippen molar-refractivity contribution in [3.63, 3.8) is 0 Å². The second-order valence-electron chi connectivity index (χ2n) is 13.7. The molecule has 12 nitrogen and oxygen atoms in total. The highest BCUT2D eigenvalue weighted by atomic mass is 32.1. The molecule has 2 fully saturated rings. The normalized spacial score (nSPS) is 15.0. The van der Waals surface area contributed by atoms with Gasteiger partial charge in [0.05, 0.1) is 0 Å². The van der Waals surface area contributed by atoms with E-state index in [0.717, 1.165) is 94.2 Å². The van der Waals surface area contributed by atoms with Crippen LogP contribution in [-0.4, -0.2) is 70.3 Å². The first-order chi connectivity index (χ1) is 25.8. The number of carbonyl (C=O) groups is 4. The molecule has 0 spiro atoms. The highest BCUT2D eigenvalue weighted by molar-refractivity contribution is 7.17. The summed E-state index contributed by atoms with van der Waals surface area (Å²) >= 11 is 3.38. The molecule has 6 rings (SSSR count). The number of anilines is 1. The van der Waals surface area contributed by atoms with Gasteiger partial charge in [0.1, 0.15) is 0 Å². The Morgan fingerprint density at radius 2 is 1.30 bits per heavy atom. The van der Waals surface area contributed by atoms with E-state index in [1.54, 1.807) is 33.6 Å². The van der Waals surface area contributed by atoms with E-state index in [1.807, 2.05) is 33.4 Å². The number of likely N-dealkylation sites (tertiary alicyclic amines) is 2. The lowest BCUT2D eigenvalue weighted by atomic mass is 9.91. The molecule has 6 amide bonds. The van der Waals surface area contributed by atoms with Gasteiger partial charge < -0.3 is 20.4 Å². The lowest BCUT2D eigenvalue weighted by Crippen LogP contribution is -2.44. The molecule has 6 N–H and O–H groups in total. The number of hydrogen-bond acceptors (Lipinski definition) is 8. The first-order valence-electron chi connectivity index (χ1n) is 18.3. The smallest absolute Gasteiger partial charge is 0.321 e. The van der Waals surface area contributed by atoms with Crippen molar-refractivity contribution in [3.05, 3.63) is 76.3 Å². The van der Waals surface area contributed by atoms with Crippen LogP contribution in [0.5, 0.6) is 0 Å². The summed E-state index contributed by atoms with van der Waals surface area (Å²) in [4.78, 5) is 50.6. The number of rotatable bonds is 12. The van der Waals surface area contributed by atoms with Gasteiger partial charge >= 0.3 is 12.1 Å². The van der Waals surface area contributed by atoms with Gasteiger partial charge in [0.25, 0.3) is 0 Å². The molecule has 0 saturated carbocycles. The molecule has 2 saturated heterocycles. The number of hydroxylamine groups is 2. The Morgan fingerprint density at radius 1 is 0.698 bits per heavy atom. The van der Waals surface area contributed by atoms with E-state index in [2.05, 4.69) is 57.8 Å². The predicted octanol–water partition coefficient (Wildman–Crippen LogP) is 7.83. The number of carbonyl (C=O) groups excluding carboxylic acids is 4. The number of fused-ring (bicyclic) bond motifs is 1. The van der Waals surface area contributed by atoms with Gasteiger partial charge in [-0.1, -0.05) is 24.3 Å². The van der Waals surface area contributed by atoms with E-state index in [4.69, 9.17) is 10.4 Å². The quantitative estimate of drug-likeness (QED) is 0.0637. The van der Waals surface area contributed by atoms with Crippen LogP contribution in [0.2, 0.25) is 0 Å². The van der Waals surface area contributed by atoms with Gasteiger partial charge in [-0.2, -0.15) is 11.3 Å². The Kier molecular flexibility index (Phi) is 15.5. The number of benzene rings is 2. The first-order valence-corrected chi connectivity index (χ1v) is 20.2. The lowest BCUT2D eigenvalue weighted by molar-refractivity contribution is -0.130. The molecule has 2 aliphatic heterocycles. The Morgan fingerprint density at radius 3 is 1.87 bits per heavy atom. The molecule has 0 aliphatic carbocycles. The Hall–Kier alpha value is -4.50. The highest BCUT2D eigenvalue weighted by Gasteiger charge is 2.24. The third-order valence-corrected chi connectivity index (χ3v) is 11.6. The Labute approximate surface area is 318 Å². The van der Waals surface area contributed by atoms with E-state index in [1.165, 1.54) is 15.8 Å². The van der Waals surface area contributed by atoms with Crippen molar-refractivity contribution in [2.75, 3.05) is 31.5 Å². The summed E-state index contributed by atoms with van der Waals surface area (Å²) in [5.41, 5.74) is 7.65. The summed E-state index contributed by atoms with van der Waals surface area (Å²) in [6.07, 6.45) is 7.98. The van der Waals surface area contributed by atoms with E-state index in [0.29, 0.717) is 31.2 Å². The summed E-state index contributed by atoms with van der Waals surface area (Å²) in [5.74, 6) is 0.414. The van der Waals surface area contributed by atoms with E-state index in [-0.39, 0.29) is 23.9 Å². The van der Waals surface area contributed by atoms with Gasteiger partial charge in [-0.25, -0.2) is 20.5 Å². The number of urea groups is 2. The molecule has 2 aromatic heterocycles. The van der Waals surface area contributed by atoms with Gasteiger partial charge in [-0.15, -0.1) is 11.3 Å². The molecule has 0 bridgehead atoms. The molecular weight excluding hydrogens is 713 g/mol. The maximum atomic E-state index is 12.4. The van der Waals surface area contributed by atoms with Crippen molar-refractivity contribution in [1.82, 2.24) is 26.1 Å². The number of piperidine rings is 2. The summed E-state index contributed by atoms with van der Waals surface area (Å²) in [7, 11) is 0. The molecule has 2 aliphatic rings. The average molecular weight is 763 g/mol. The molecule has 2 aromatic carbocycles. The Bertz CT molecular complexity index is 1750. The first kappa shape index (κ1) is 39.7. The molecule has 14 heteroatoms. The molecule has 4 aromatic rings. The summed E-state index contributed by atoms with van der Waals surface area (Å²) in [5, 5.41) is 30.4. The van der Waals surface area contributed by atoms with E-state index < -0.39 is 0 Å². The molecule has 4 heterocycles. The SMILES string of the molecule is O=C(CCCC1CCN(C(=O)NCc2ccc(-c3ccsc3)cc2)CC1)NO.O=C(CCCC1CCN(C(=O)Nc2ccc3sccc3c2)CC1)NO. The van der Waals surface area contributed by atoms with Crippen LogP contribution in [0.15, 0.2) is 70.7 Å². The van der Waals surface area contributed by atoms with Crippen LogP contribution in [0.1, 0.15) is 69.8 Å². The summed E-state index contributed by atoms with van der Waals surface area (Å²) < 4.78 is 1.22. The fourth-order valence-corrected chi connectivity index (χ4v) is 8.28. The topological polar surface area (TPSA) is 163 Å². The molecule has 0 radical (unpaired) electrons. The minimum Gasteiger partial charge on any atom is -0.334 e. The maximum absolute atomic E-state index is 12.4. The molecular formula is C39H50N6O6S2. The van der Waals surface area contributed by atoms with E-state index in [9.17, 15) is 19.2 Å². The van der Waals surface area contributed by atoms with Crippen LogP contribution in [0.4, 0.5) is 15.3 Å². The fourth-order valence-electron chi connectivity index (χ4n) is 6.84.